The molecule has 8 heteroatoms. The molecule has 1 fully saturated rings. The molecule has 0 N–H and O–H groups in total. The normalized spacial score (nSPS) is 17.7. The first-order chi connectivity index (χ1) is 16.7. The topological polar surface area (TPSA) is 76.9 Å². The van der Waals surface area contributed by atoms with Crippen LogP contribution in [0.1, 0.15) is 11.1 Å². The Bertz CT molecular complexity index is 1180. The molecule has 0 aliphatic carbocycles. The number of carbonyl (C=O) groups excluding carboxylic acids is 2. The summed E-state index contributed by atoms with van der Waals surface area (Å²) < 4.78 is 13.3. The first-order valence-corrected chi connectivity index (χ1v) is 11.4. The number of nitrogens with zero attached hydrogens (tertiary/aromatic N) is 4. The number of aromatic nitrogens is 2. The van der Waals surface area contributed by atoms with E-state index in [1.165, 1.54) is 5.56 Å². The van der Waals surface area contributed by atoms with Crippen molar-refractivity contribution in [2.75, 3.05) is 32.8 Å². The van der Waals surface area contributed by atoms with Gasteiger partial charge >= 0.3 is 0 Å². The first-order valence-electron chi connectivity index (χ1n) is 11.4. The third-order valence-electron chi connectivity index (χ3n) is 5.95. The summed E-state index contributed by atoms with van der Waals surface area (Å²) in [5, 5.41) is 4.36. The average Bonchev–Trinajstić information content (AvgIpc) is 3.34. The van der Waals surface area contributed by atoms with Gasteiger partial charge in [-0.05, 0) is 23.8 Å². The van der Waals surface area contributed by atoms with Crippen molar-refractivity contribution in [3.8, 4) is 11.5 Å². The van der Waals surface area contributed by atoms with E-state index < -0.39 is 6.10 Å². The standard InChI is InChI=1S/C26H26N4O4/c31-25(11-10-21-16-27-30(18-21)17-20-6-2-1-3-7-20)28-12-14-29(15-13-28)26(32)24-19-33-22-8-4-5-9-23(22)34-24/h1-11,16,18,24H,12-15,17,19H2/b11-10+. The number of hydrogen-bond donors (Lipinski definition) is 0. The monoisotopic (exact) mass is 458 g/mol. The highest BCUT2D eigenvalue weighted by molar-refractivity contribution is 5.92. The number of benzene rings is 2. The van der Waals surface area contributed by atoms with Gasteiger partial charge < -0.3 is 19.3 Å². The van der Waals surface area contributed by atoms with E-state index in [1.54, 1.807) is 34.2 Å². The van der Waals surface area contributed by atoms with E-state index in [9.17, 15) is 9.59 Å². The summed E-state index contributed by atoms with van der Waals surface area (Å²) in [6.45, 7) is 2.76. The van der Waals surface area contributed by atoms with Crippen LogP contribution in [-0.2, 0) is 16.1 Å². The minimum atomic E-state index is -0.663. The van der Waals surface area contributed by atoms with Gasteiger partial charge in [0.2, 0.25) is 12.0 Å². The van der Waals surface area contributed by atoms with Crippen LogP contribution in [0.15, 0.2) is 73.1 Å². The number of para-hydroxylation sites is 2. The van der Waals surface area contributed by atoms with E-state index in [-0.39, 0.29) is 18.4 Å². The molecule has 0 spiro atoms. The zero-order valence-electron chi connectivity index (χ0n) is 18.7. The highest BCUT2D eigenvalue weighted by atomic mass is 16.6. The highest BCUT2D eigenvalue weighted by Gasteiger charge is 2.33. The average molecular weight is 459 g/mol. The predicted molar refractivity (Wildman–Crippen MR) is 126 cm³/mol. The first kappa shape index (κ1) is 21.8. The van der Waals surface area contributed by atoms with Crippen LogP contribution >= 0.6 is 0 Å². The van der Waals surface area contributed by atoms with Gasteiger partial charge in [-0.25, -0.2) is 0 Å². The van der Waals surface area contributed by atoms with Crippen molar-refractivity contribution in [3.05, 3.63) is 84.2 Å². The number of piperazine rings is 1. The third-order valence-corrected chi connectivity index (χ3v) is 5.95. The Hall–Kier alpha value is -4.07. The summed E-state index contributed by atoms with van der Waals surface area (Å²) in [6, 6.07) is 17.4. The summed E-state index contributed by atoms with van der Waals surface area (Å²) in [4.78, 5) is 29.0. The molecule has 174 valence electrons. The summed E-state index contributed by atoms with van der Waals surface area (Å²) in [6.07, 6.45) is 6.34. The van der Waals surface area contributed by atoms with Crippen LogP contribution in [0.2, 0.25) is 0 Å². The number of amides is 2. The molecule has 5 rings (SSSR count). The van der Waals surface area contributed by atoms with E-state index in [4.69, 9.17) is 9.47 Å². The van der Waals surface area contributed by atoms with E-state index in [1.807, 2.05) is 47.3 Å². The zero-order chi connectivity index (χ0) is 23.3. The molecule has 34 heavy (non-hydrogen) atoms. The van der Waals surface area contributed by atoms with Crippen LogP contribution in [-0.4, -0.2) is 70.3 Å². The third kappa shape index (κ3) is 4.96. The lowest BCUT2D eigenvalue weighted by atomic mass is 10.2. The van der Waals surface area contributed by atoms with E-state index in [0.29, 0.717) is 44.2 Å². The van der Waals surface area contributed by atoms with Crippen molar-refractivity contribution in [2.45, 2.75) is 12.6 Å². The van der Waals surface area contributed by atoms with Gasteiger partial charge in [0, 0.05) is 44.0 Å². The summed E-state index contributed by atoms with van der Waals surface area (Å²) in [7, 11) is 0. The van der Waals surface area contributed by atoms with E-state index >= 15 is 0 Å². The SMILES string of the molecule is O=C(/C=C/c1cnn(Cc2ccccc2)c1)N1CCN(C(=O)C2COc3ccccc3O2)CC1. The molecule has 0 radical (unpaired) electrons. The Kier molecular flexibility index (Phi) is 6.29. The Labute approximate surface area is 198 Å². The molecule has 1 aromatic heterocycles. The van der Waals surface area contributed by atoms with Crippen molar-refractivity contribution in [3.63, 3.8) is 0 Å². The smallest absolute Gasteiger partial charge is 0.267 e. The van der Waals surface area contributed by atoms with Gasteiger partial charge in [-0.1, -0.05) is 42.5 Å². The minimum Gasteiger partial charge on any atom is -0.485 e. The van der Waals surface area contributed by atoms with Crippen LogP contribution in [0, 0.1) is 0 Å². The van der Waals surface area contributed by atoms with E-state index in [2.05, 4.69) is 17.2 Å². The fourth-order valence-corrected chi connectivity index (χ4v) is 4.09. The highest BCUT2D eigenvalue weighted by Crippen LogP contribution is 2.31. The minimum absolute atomic E-state index is 0.0749. The Morgan fingerprint density at radius 3 is 2.44 bits per heavy atom. The number of rotatable bonds is 5. The van der Waals surface area contributed by atoms with Gasteiger partial charge in [0.15, 0.2) is 11.5 Å². The lowest BCUT2D eigenvalue weighted by Crippen LogP contribution is -2.54. The molecule has 3 aromatic rings. The molecule has 1 saturated heterocycles. The molecule has 2 aliphatic heterocycles. The van der Waals surface area contributed by atoms with Gasteiger partial charge in [-0.2, -0.15) is 5.10 Å². The summed E-state index contributed by atoms with van der Waals surface area (Å²) in [5.74, 6) is 1.05. The Morgan fingerprint density at radius 1 is 0.941 bits per heavy atom. The molecule has 1 atom stereocenters. The zero-order valence-corrected chi connectivity index (χ0v) is 18.7. The van der Waals surface area contributed by atoms with Crippen LogP contribution in [0.3, 0.4) is 0 Å². The molecule has 0 saturated carbocycles. The maximum atomic E-state index is 12.9. The maximum absolute atomic E-state index is 12.9. The molecule has 2 amide bonds. The van der Waals surface area contributed by atoms with Crippen molar-refractivity contribution in [1.29, 1.82) is 0 Å². The molecular formula is C26H26N4O4. The van der Waals surface area contributed by atoms with Crippen molar-refractivity contribution < 1.29 is 19.1 Å². The van der Waals surface area contributed by atoms with Gasteiger partial charge in [0.25, 0.3) is 5.91 Å². The molecule has 1 unspecified atom stereocenters. The van der Waals surface area contributed by atoms with Gasteiger partial charge in [0.05, 0.1) is 12.7 Å². The fraction of sp³-hybridized carbons (Fsp3) is 0.269. The van der Waals surface area contributed by atoms with Crippen molar-refractivity contribution in [1.82, 2.24) is 19.6 Å². The van der Waals surface area contributed by atoms with Crippen molar-refractivity contribution in [2.24, 2.45) is 0 Å². The number of carbonyl (C=O) groups is 2. The van der Waals surface area contributed by atoms with Gasteiger partial charge in [-0.3, -0.25) is 14.3 Å². The van der Waals surface area contributed by atoms with Crippen LogP contribution < -0.4 is 9.47 Å². The quantitative estimate of drug-likeness (QED) is 0.549. The second kappa shape index (κ2) is 9.82. The van der Waals surface area contributed by atoms with Crippen LogP contribution in [0.4, 0.5) is 0 Å². The molecule has 2 aromatic carbocycles. The molecular weight excluding hydrogens is 432 g/mol. The van der Waals surface area contributed by atoms with Crippen LogP contribution in [0.5, 0.6) is 11.5 Å². The lowest BCUT2D eigenvalue weighted by molar-refractivity contribution is -0.145. The Morgan fingerprint density at radius 2 is 1.65 bits per heavy atom. The summed E-state index contributed by atoms with van der Waals surface area (Å²) >= 11 is 0. The molecule has 2 aliphatic rings. The number of fused-ring (bicyclic) bond motifs is 1. The molecule has 0 bridgehead atoms. The molecule has 3 heterocycles. The largest absolute Gasteiger partial charge is 0.485 e. The second-order valence-electron chi connectivity index (χ2n) is 8.30. The molecule has 8 nitrogen and oxygen atoms in total. The predicted octanol–water partition coefficient (Wildman–Crippen LogP) is 2.46. The Balaban J connectivity index is 1.11. The van der Waals surface area contributed by atoms with Gasteiger partial charge in [0.1, 0.15) is 6.61 Å². The number of hydrogen-bond acceptors (Lipinski definition) is 5. The van der Waals surface area contributed by atoms with Gasteiger partial charge in [-0.15, -0.1) is 0 Å². The summed E-state index contributed by atoms with van der Waals surface area (Å²) in [5.41, 5.74) is 2.03. The second-order valence-corrected chi connectivity index (χ2v) is 8.30. The van der Waals surface area contributed by atoms with E-state index in [0.717, 1.165) is 5.56 Å². The van der Waals surface area contributed by atoms with Crippen LogP contribution in [0.25, 0.3) is 6.08 Å². The van der Waals surface area contributed by atoms with Crippen molar-refractivity contribution >= 4 is 17.9 Å². The maximum Gasteiger partial charge on any atom is 0.267 e. The lowest BCUT2D eigenvalue weighted by Gasteiger charge is -2.36. The fourth-order valence-electron chi connectivity index (χ4n) is 4.09. The number of ether oxygens (including phenoxy) is 2.